The molecule has 0 saturated carbocycles. The van der Waals surface area contributed by atoms with E-state index in [1.165, 1.54) is 6.42 Å². The van der Waals surface area contributed by atoms with Crippen molar-refractivity contribution in [3.05, 3.63) is 0 Å². The zero-order valence-electron chi connectivity index (χ0n) is 12.7. The maximum atomic E-state index is 11.9. The van der Waals surface area contributed by atoms with Gasteiger partial charge in [-0.05, 0) is 33.1 Å². The van der Waals surface area contributed by atoms with Gasteiger partial charge in [-0.15, -0.1) is 0 Å². The van der Waals surface area contributed by atoms with Gasteiger partial charge in [0.2, 0.25) is 0 Å². The minimum absolute atomic E-state index is 0.172. The van der Waals surface area contributed by atoms with Gasteiger partial charge in [-0.1, -0.05) is 19.8 Å². The molecule has 3 unspecified atom stereocenters. The topological polar surface area (TPSA) is 81.7 Å². The van der Waals surface area contributed by atoms with E-state index in [0.717, 1.165) is 19.3 Å². The van der Waals surface area contributed by atoms with Gasteiger partial charge in [-0.25, -0.2) is 9.80 Å². The second-order valence-corrected chi connectivity index (χ2v) is 5.68. The van der Waals surface area contributed by atoms with Gasteiger partial charge in [0.05, 0.1) is 5.92 Å². The lowest BCUT2D eigenvalue weighted by Gasteiger charge is -2.38. The molecule has 1 aliphatic rings. The molecule has 1 aliphatic heterocycles. The van der Waals surface area contributed by atoms with Crippen molar-refractivity contribution in [2.24, 2.45) is 5.92 Å². The average Bonchev–Trinajstić information content (AvgIpc) is 2.38. The van der Waals surface area contributed by atoms with E-state index in [0.29, 0.717) is 18.5 Å². The molecule has 0 spiro atoms. The number of aliphatic carboxylic acids is 1. The monoisotopic (exact) mass is 285 g/mol. The summed E-state index contributed by atoms with van der Waals surface area (Å²) in [6, 6.07) is 0.318. The maximum absolute atomic E-state index is 11.9. The summed E-state index contributed by atoms with van der Waals surface area (Å²) in [6.07, 6.45) is 4.68. The number of carbonyl (C=O) groups excluding carboxylic acids is 1. The zero-order chi connectivity index (χ0) is 15.1. The molecule has 1 rings (SSSR count). The van der Waals surface area contributed by atoms with Crippen molar-refractivity contribution >= 4 is 12.0 Å². The van der Waals surface area contributed by atoms with Crippen molar-refractivity contribution < 1.29 is 14.7 Å². The molecule has 0 aliphatic carbocycles. The van der Waals surface area contributed by atoms with Crippen molar-refractivity contribution in [3.8, 4) is 0 Å². The second-order valence-electron chi connectivity index (χ2n) is 5.68. The fourth-order valence-electron chi connectivity index (χ4n) is 2.68. The molecule has 1 heterocycles. The molecule has 6 nitrogen and oxygen atoms in total. The third-order valence-electron chi connectivity index (χ3n) is 3.92. The molecule has 6 heteroatoms. The molecule has 0 aromatic heterocycles. The summed E-state index contributed by atoms with van der Waals surface area (Å²) in [4.78, 5) is 22.9. The molecule has 0 aromatic carbocycles. The number of hydrogen-bond donors (Lipinski definition) is 3. The van der Waals surface area contributed by atoms with Crippen LogP contribution in [0, 0.1) is 5.92 Å². The largest absolute Gasteiger partial charge is 0.481 e. The van der Waals surface area contributed by atoms with Crippen LogP contribution in [0.1, 0.15) is 52.9 Å². The van der Waals surface area contributed by atoms with Crippen molar-refractivity contribution in [2.75, 3.05) is 6.54 Å². The summed E-state index contributed by atoms with van der Waals surface area (Å²) in [7, 11) is 0. The number of nitrogens with one attached hydrogen (secondary N) is 2. The summed E-state index contributed by atoms with van der Waals surface area (Å²) in [5, 5.41) is 13.7. The fourth-order valence-corrected chi connectivity index (χ4v) is 2.68. The zero-order valence-corrected chi connectivity index (χ0v) is 12.7. The van der Waals surface area contributed by atoms with E-state index in [1.54, 1.807) is 0 Å². The second kappa shape index (κ2) is 8.09. The summed E-state index contributed by atoms with van der Waals surface area (Å²) in [6.45, 7) is 6.29. The van der Waals surface area contributed by atoms with E-state index in [4.69, 9.17) is 5.11 Å². The van der Waals surface area contributed by atoms with E-state index in [-0.39, 0.29) is 12.6 Å². The Morgan fingerprint density at radius 1 is 1.30 bits per heavy atom. The Balaban J connectivity index is 2.40. The highest BCUT2D eigenvalue weighted by Gasteiger charge is 2.26. The van der Waals surface area contributed by atoms with Crippen molar-refractivity contribution in [1.82, 2.24) is 15.8 Å². The normalized spacial score (nSPS) is 24.9. The lowest BCUT2D eigenvalue weighted by molar-refractivity contribution is -0.141. The van der Waals surface area contributed by atoms with Crippen LogP contribution in [0.3, 0.4) is 0 Å². The summed E-state index contributed by atoms with van der Waals surface area (Å²) >= 11 is 0. The molecular formula is C14H27N3O3. The van der Waals surface area contributed by atoms with Gasteiger partial charge in [-0.3, -0.25) is 10.2 Å². The molecule has 2 amide bonds. The van der Waals surface area contributed by atoms with Crippen LogP contribution in [0.2, 0.25) is 0 Å². The number of amides is 2. The van der Waals surface area contributed by atoms with E-state index >= 15 is 0 Å². The van der Waals surface area contributed by atoms with Crippen molar-refractivity contribution in [3.63, 3.8) is 0 Å². The lowest BCUT2D eigenvalue weighted by atomic mass is 10.00. The number of carboxylic acids is 1. The average molecular weight is 285 g/mol. The SMILES string of the molecule is CCCC(CNC(=O)NN1C(C)CCCC1C)C(=O)O. The Labute approximate surface area is 120 Å². The molecule has 0 radical (unpaired) electrons. The lowest BCUT2D eigenvalue weighted by Crippen LogP contribution is -2.57. The number of hydrogen-bond acceptors (Lipinski definition) is 3. The van der Waals surface area contributed by atoms with E-state index in [9.17, 15) is 9.59 Å². The van der Waals surface area contributed by atoms with Gasteiger partial charge >= 0.3 is 12.0 Å². The molecule has 0 aromatic rings. The van der Waals surface area contributed by atoms with Crippen LogP contribution in [0.4, 0.5) is 4.79 Å². The fraction of sp³-hybridized carbons (Fsp3) is 0.857. The first kappa shape index (κ1) is 16.8. The number of carbonyl (C=O) groups is 2. The first-order valence-corrected chi connectivity index (χ1v) is 7.51. The number of urea groups is 1. The highest BCUT2D eigenvalue weighted by molar-refractivity contribution is 5.75. The molecule has 20 heavy (non-hydrogen) atoms. The first-order chi connectivity index (χ1) is 9.45. The number of piperidine rings is 1. The van der Waals surface area contributed by atoms with Crippen molar-refractivity contribution in [2.45, 2.75) is 65.0 Å². The maximum Gasteiger partial charge on any atom is 0.329 e. The van der Waals surface area contributed by atoms with Crippen LogP contribution in [0.25, 0.3) is 0 Å². The van der Waals surface area contributed by atoms with Gasteiger partial charge in [-0.2, -0.15) is 0 Å². The Morgan fingerprint density at radius 3 is 2.40 bits per heavy atom. The molecule has 0 bridgehead atoms. The van der Waals surface area contributed by atoms with Crippen LogP contribution in [0.15, 0.2) is 0 Å². The van der Waals surface area contributed by atoms with Gasteiger partial charge in [0.15, 0.2) is 0 Å². The predicted octanol–water partition coefficient (Wildman–Crippen LogP) is 1.96. The molecular weight excluding hydrogens is 258 g/mol. The third kappa shape index (κ3) is 5.00. The van der Waals surface area contributed by atoms with Crippen LogP contribution in [-0.2, 0) is 4.79 Å². The Hall–Kier alpha value is -1.30. The third-order valence-corrected chi connectivity index (χ3v) is 3.92. The summed E-state index contributed by atoms with van der Waals surface area (Å²) < 4.78 is 0. The Kier molecular flexibility index (Phi) is 6.78. The van der Waals surface area contributed by atoms with E-state index in [2.05, 4.69) is 24.6 Å². The predicted molar refractivity (Wildman–Crippen MR) is 77.2 cm³/mol. The van der Waals surface area contributed by atoms with Gasteiger partial charge < -0.3 is 10.4 Å². The van der Waals surface area contributed by atoms with Gasteiger partial charge in [0.1, 0.15) is 0 Å². The molecule has 1 saturated heterocycles. The van der Waals surface area contributed by atoms with Crippen LogP contribution in [-0.4, -0.2) is 40.7 Å². The highest BCUT2D eigenvalue weighted by atomic mass is 16.4. The first-order valence-electron chi connectivity index (χ1n) is 7.51. The number of hydrazine groups is 1. The smallest absolute Gasteiger partial charge is 0.329 e. The Morgan fingerprint density at radius 2 is 1.90 bits per heavy atom. The van der Waals surface area contributed by atoms with Crippen LogP contribution < -0.4 is 10.7 Å². The Bertz CT molecular complexity index is 326. The van der Waals surface area contributed by atoms with Gasteiger partial charge in [0, 0.05) is 18.6 Å². The quantitative estimate of drug-likeness (QED) is 0.697. The number of rotatable bonds is 6. The van der Waals surface area contributed by atoms with E-state index < -0.39 is 11.9 Å². The minimum Gasteiger partial charge on any atom is -0.481 e. The summed E-state index contributed by atoms with van der Waals surface area (Å²) in [5.74, 6) is -1.37. The van der Waals surface area contributed by atoms with E-state index in [1.807, 2.05) is 11.9 Å². The molecule has 1 fully saturated rings. The number of carboxylic acid groups (broad SMARTS) is 1. The van der Waals surface area contributed by atoms with Crippen molar-refractivity contribution in [1.29, 1.82) is 0 Å². The van der Waals surface area contributed by atoms with Gasteiger partial charge in [0.25, 0.3) is 0 Å². The standard InChI is InChI=1S/C14H27N3O3/c1-4-6-12(13(18)19)9-15-14(20)16-17-10(2)7-5-8-11(17)3/h10-12H,4-9H2,1-3H3,(H,18,19)(H2,15,16,20). The number of nitrogens with zero attached hydrogens (tertiary/aromatic N) is 1. The highest BCUT2D eigenvalue weighted by Crippen LogP contribution is 2.20. The molecule has 116 valence electrons. The van der Waals surface area contributed by atoms with Crippen LogP contribution in [0.5, 0.6) is 0 Å². The van der Waals surface area contributed by atoms with Crippen LogP contribution >= 0.6 is 0 Å². The summed E-state index contributed by atoms with van der Waals surface area (Å²) in [5.41, 5.74) is 2.85. The molecule has 3 N–H and O–H groups in total. The molecule has 3 atom stereocenters. The minimum atomic E-state index is -0.855.